The summed E-state index contributed by atoms with van der Waals surface area (Å²) in [5, 5.41) is 3.07. The summed E-state index contributed by atoms with van der Waals surface area (Å²) in [6.45, 7) is 4.23. The Labute approximate surface area is 189 Å². The van der Waals surface area contributed by atoms with Crippen molar-refractivity contribution in [2.24, 2.45) is 5.92 Å². The molecule has 0 radical (unpaired) electrons. The van der Waals surface area contributed by atoms with E-state index in [1.54, 1.807) is 0 Å². The summed E-state index contributed by atoms with van der Waals surface area (Å²) in [6.07, 6.45) is 6.00. The Morgan fingerprint density at radius 2 is 1.78 bits per heavy atom. The largest absolute Gasteiger partial charge is 0.493 e. The molecule has 7 nitrogen and oxygen atoms in total. The highest BCUT2D eigenvalue weighted by molar-refractivity contribution is 5.80. The first-order valence-corrected chi connectivity index (χ1v) is 11.6. The number of para-hydroxylation sites is 1. The number of hydrogen-bond donors (Lipinski definition) is 1. The number of amides is 2. The number of anilines is 1. The molecule has 1 aromatic carbocycles. The lowest BCUT2D eigenvalue weighted by molar-refractivity contribution is -0.136. The van der Waals surface area contributed by atoms with Crippen molar-refractivity contribution in [1.82, 2.24) is 15.2 Å². The van der Waals surface area contributed by atoms with E-state index >= 15 is 0 Å². The molecule has 0 unspecified atom stereocenters. The van der Waals surface area contributed by atoms with E-state index in [2.05, 4.69) is 21.3 Å². The van der Waals surface area contributed by atoms with Crippen molar-refractivity contribution >= 4 is 17.6 Å². The minimum Gasteiger partial charge on any atom is -0.493 e. The zero-order chi connectivity index (χ0) is 22.2. The van der Waals surface area contributed by atoms with E-state index < -0.39 is 0 Å². The van der Waals surface area contributed by atoms with Crippen LogP contribution in [0, 0.1) is 5.92 Å². The van der Waals surface area contributed by atoms with E-state index in [-0.39, 0.29) is 17.7 Å². The zero-order valence-electron chi connectivity index (χ0n) is 18.5. The van der Waals surface area contributed by atoms with Gasteiger partial charge in [-0.1, -0.05) is 18.2 Å². The molecular weight excluding hydrogens is 404 g/mol. The Hall–Kier alpha value is -3.09. The van der Waals surface area contributed by atoms with E-state index in [9.17, 15) is 9.59 Å². The third-order valence-electron chi connectivity index (χ3n) is 6.25. The van der Waals surface area contributed by atoms with E-state index in [0.29, 0.717) is 45.5 Å². The normalized spacial score (nSPS) is 16.8. The van der Waals surface area contributed by atoms with Gasteiger partial charge in [-0.25, -0.2) is 4.98 Å². The second-order valence-electron chi connectivity index (χ2n) is 8.50. The highest BCUT2D eigenvalue weighted by Gasteiger charge is 2.27. The van der Waals surface area contributed by atoms with Gasteiger partial charge in [0.15, 0.2) is 0 Å². The molecule has 32 heavy (non-hydrogen) atoms. The average molecular weight is 437 g/mol. The van der Waals surface area contributed by atoms with Gasteiger partial charge in [0.2, 0.25) is 11.8 Å². The van der Waals surface area contributed by atoms with Crippen molar-refractivity contribution in [1.29, 1.82) is 0 Å². The van der Waals surface area contributed by atoms with E-state index in [1.807, 2.05) is 47.5 Å². The van der Waals surface area contributed by atoms with Gasteiger partial charge in [0.05, 0.1) is 13.0 Å². The van der Waals surface area contributed by atoms with Crippen LogP contribution in [0.1, 0.15) is 37.7 Å². The Morgan fingerprint density at radius 3 is 2.53 bits per heavy atom. The molecule has 0 aliphatic carbocycles. The molecule has 2 aliphatic rings. The van der Waals surface area contributed by atoms with Gasteiger partial charge in [-0.2, -0.15) is 0 Å². The minimum absolute atomic E-state index is 0.0421. The number of hydrogen-bond acceptors (Lipinski definition) is 5. The second kappa shape index (κ2) is 11.0. The van der Waals surface area contributed by atoms with Crippen molar-refractivity contribution in [2.45, 2.75) is 38.6 Å². The lowest BCUT2D eigenvalue weighted by atomic mass is 9.95. The molecule has 0 bridgehead atoms. The van der Waals surface area contributed by atoms with Crippen LogP contribution in [0.3, 0.4) is 0 Å². The quantitative estimate of drug-likeness (QED) is 0.689. The van der Waals surface area contributed by atoms with Crippen molar-refractivity contribution in [2.75, 3.05) is 37.7 Å². The van der Waals surface area contributed by atoms with Crippen LogP contribution in [0.5, 0.6) is 5.75 Å². The maximum absolute atomic E-state index is 12.7. The monoisotopic (exact) mass is 436 g/mol. The number of aromatic nitrogens is 1. The molecule has 4 rings (SSSR count). The summed E-state index contributed by atoms with van der Waals surface area (Å²) in [7, 11) is 0. The smallest absolute Gasteiger partial charge is 0.225 e. The van der Waals surface area contributed by atoms with E-state index in [4.69, 9.17) is 4.74 Å². The Kier molecular flexibility index (Phi) is 7.59. The molecule has 170 valence electrons. The number of likely N-dealkylation sites (tertiary alicyclic amines) is 1. The molecule has 7 heteroatoms. The predicted octanol–water partition coefficient (Wildman–Crippen LogP) is 3.01. The van der Waals surface area contributed by atoms with Gasteiger partial charge in [-0.3, -0.25) is 9.59 Å². The van der Waals surface area contributed by atoms with Crippen LogP contribution < -0.4 is 15.0 Å². The fraction of sp³-hybridized carbons (Fsp3) is 0.480. The Morgan fingerprint density at radius 1 is 1.03 bits per heavy atom. The number of carbonyl (C=O) groups excluding carboxylic acids is 2. The van der Waals surface area contributed by atoms with Crippen molar-refractivity contribution in [3.63, 3.8) is 0 Å². The fourth-order valence-electron chi connectivity index (χ4n) is 4.35. The molecule has 0 saturated carbocycles. The number of ether oxygens (including phenoxy) is 1. The van der Waals surface area contributed by atoms with E-state index in [0.717, 1.165) is 30.2 Å². The average Bonchev–Trinajstić information content (AvgIpc) is 3.39. The number of nitrogens with one attached hydrogen (secondary N) is 1. The van der Waals surface area contributed by atoms with E-state index in [1.165, 1.54) is 12.8 Å². The molecule has 2 saturated heterocycles. The second-order valence-corrected chi connectivity index (χ2v) is 8.50. The molecule has 2 aliphatic heterocycles. The molecular formula is C25H32N4O3. The fourth-order valence-corrected chi connectivity index (χ4v) is 4.35. The molecule has 1 N–H and O–H groups in total. The number of rotatable bonds is 8. The summed E-state index contributed by atoms with van der Waals surface area (Å²) in [5.41, 5.74) is 1.07. The van der Waals surface area contributed by atoms with Gasteiger partial charge in [-0.15, -0.1) is 0 Å². The van der Waals surface area contributed by atoms with Crippen molar-refractivity contribution in [3.8, 4) is 5.75 Å². The lowest BCUT2D eigenvalue weighted by Gasteiger charge is -2.31. The van der Waals surface area contributed by atoms with Crippen LogP contribution in [0.2, 0.25) is 0 Å². The first-order valence-electron chi connectivity index (χ1n) is 11.6. The maximum Gasteiger partial charge on any atom is 0.225 e. The summed E-state index contributed by atoms with van der Waals surface area (Å²) < 4.78 is 5.62. The molecule has 2 amide bonds. The number of carbonyl (C=O) groups is 2. The SMILES string of the molecule is O=C(NCc1ccnc(N2CCCC2)c1)C1CCN(C(=O)CCOc2ccccc2)CC1. The van der Waals surface area contributed by atoms with Gasteiger partial charge < -0.3 is 19.9 Å². The third-order valence-corrected chi connectivity index (χ3v) is 6.25. The van der Waals surface area contributed by atoms with Crippen LogP contribution in [-0.4, -0.2) is 54.5 Å². The highest BCUT2D eigenvalue weighted by atomic mass is 16.5. The molecule has 3 heterocycles. The molecule has 2 fully saturated rings. The first-order chi connectivity index (χ1) is 15.7. The Bertz CT molecular complexity index is 891. The topological polar surface area (TPSA) is 74.8 Å². The number of nitrogens with zero attached hydrogens (tertiary/aromatic N) is 3. The minimum atomic E-state index is -0.0421. The van der Waals surface area contributed by atoms with Crippen molar-refractivity contribution in [3.05, 3.63) is 54.2 Å². The summed E-state index contributed by atoms with van der Waals surface area (Å²) >= 11 is 0. The zero-order valence-corrected chi connectivity index (χ0v) is 18.5. The number of piperidine rings is 1. The molecule has 0 atom stereocenters. The van der Waals surface area contributed by atoms with Gasteiger partial charge in [0.1, 0.15) is 11.6 Å². The maximum atomic E-state index is 12.7. The van der Waals surface area contributed by atoms with Crippen LogP contribution in [-0.2, 0) is 16.1 Å². The number of pyridine rings is 1. The first kappa shape index (κ1) is 22.1. The Balaban J connectivity index is 1.17. The van der Waals surface area contributed by atoms with Crippen LogP contribution in [0.4, 0.5) is 5.82 Å². The van der Waals surface area contributed by atoms with Gasteiger partial charge in [0, 0.05) is 44.8 Å². The summed E-state index contributed by atoms with van der Waals surface area (Å²) in [4.78, 5) is 33.7. The lowest BCUT2D eigenvalue weighted by Crippen LogP contribution is -2.43. The van der Waals surface area contributed by atoms with Gasteiger partial charge in [-0.05, 0) is 55.5 Å². The number of benzene rings is 1. The third kappa shape index (κ3) is 5.99. The molecule has 2 aromatic rings. The predicted molar refractivity (Wildman–Crippen MR) is 123 cm³/mol. The van der Waals surface area contributed by atoms with Gasteiger partial charge >= 0.3 is 0 Å². The van der Waals surface area contributed by atoms with Crippen LogP contribution in [0.25, 0.3) is 0 Å². The van der Waals surface area contributed by atoms with Crippen LogP contribution >= 0.6 is 0 Å². The van der Waals surface area contributed by atoms with Crippen LogP contribution in [0.15, 0.2) is 48.7 Å². The standard InChI is InChI=1S/C25H32N4O3/c30-24(11-17-32-22-6-2-1-3-7-22)29-15-9-21(10-16-29)25(31)27-19-20-8-12-26-23(18-20)28-13-4-5-14-28/h1-3,6-8,12,18,21H,4-5,9-11,13-17,19H2,(H,27,31). The summed E-state index contributed by atoms with van der Waals surface area (Å²) in [6, 6.07) is 13.5. The van der Waals surface area contributed by atoms with Crippen molar-refractivity contribution < 1.29 is 14.3 Å². The molecule has 1 aromatic heterocycles. The molecule has 0 spiro atoms. The summed E-state index contributed by atoms with van der Waals surface area (Å²) in [5.74, 6) is 1.89. The highest BCUT2D eigenvalue weighted by Crippen LogP contribution is 2.20. The van der Waals surface area contributed by atoms with Gasteiger partial charge in [0.25, 0.3) is 0 Å².